The summed E-state index contributed by atoms with van der Waals surface area (Å²) in [5.74, 6) is 0.162. The molecule has 0 unspecified atom stereocenters. The van der Waals surface area contributed by atoms with Crippen molar-refractivity contribution in [3.63, 3.8) is 0 Å². The van der Waals surface area contributed by atoms with E-state index in [0.717, 1.165) is 31.0 Å². The summed E-state index contributed by atoms with van der Waals surface area (Å²) in [6.45, 7) is 2.09. The zero-order chi connectivity index (χ0) is 15.9. The number of hydrogen-bond acceptors (Lipinski definition) is 3. The van der Waals surface area contributed by atoms with Gasteiger partial charge in [-0.25, -0.2) is 0 Å². The van der Waals surface area contributed by atoms with Crippen LogP contribution in [0.15, 0.2) is 12.4 Å². The van der Waals surface area contributed by atoms with Crippen molar-refractivity contribution in [1.82, 2.24) is 20.4 Å². The number of aromatic amines is 1. The van der Waals surface area contributed by atoms with Gasteiger partial charge < -0.3 is 5.32 Å². The van der Waals surface area contributed by atoms with E-state index in [9.17, 15) is 4.79 Å². The van der Waals surface area contributed by atoms with Crippen molar-refractivity contribution in [3.05, 3.63) is 18.0 Å². The Balaban J connectivity index is 1.37. The van der Waals surface area contributed by atoms with Crippen LogP contribution in [-0.2, 0) is 11.2 Å². The van der Waals surface area contributed by atoms with Crippen molar-refractivity contribution >= 4 is 5.91 Å². The Labute approximate surface area is 139 Å². The molecule has 0 radical (unpaired) electrons. The van der Waals surface area contributed by atoms with E-state index in [1.807, 2.05) is 6.20 Å². The molecule has 2 aliphatic rings. The van der Waals surface area contributed by atoms with Crippen LogP contribution >= 0.6 is 0 Å². The van der Waals surface area contributed by atoms with Gasteiger partial charge in [0.1, 0.15) is 0 Å². The van der Waals surface area contributed by atoms with Crippen molar-refractivity contribution in [1.29, 1.82) is 0 Å². The predicted octanol–water partition coefficient (Wildman–Crippen LogP) is 2.65. The largest absolute Gasteiger partial charge is 0.356 e. The second-order valence-corrected chi connectivity index (χ2v) is 7.07. The SMILES string of the molecule is O=C(CCc1cn[nH]c1)NCC[C@H]1CCCCN1C1CCCC1. The van der Waals surface area contributed by atoms with Crippen LogP contribution < -0.4 is 5.32 Å². The lowest BCUT2D eigenvalue weighted by Crippen LogP contribution is -2.46. The molecule has 1 amide bonds. The Morgan fingerprint density at radius 3 is 2.87 bits per heavy atom. The average molecular weight is 318 g/mol. The predicted molar refractivity (Wildman–Crippen MR) is 91.1 cm³/mol. The molecule has 23 heavy (non-hydrogen) atoms. The molecule has 1 aromatic rings. The summed E-state index contributed by atoms with van der Waals surface area (Å²) in [6, 6.07) is 1.50. The van der Waals surface area contributed by atoms with E-state index < -0.39 is 0 Å². The molecule has 0 spiro atoms. The minimum atomic E-state index is 0.162. The van der Waals surface area contributed by atoms with Crippen LogP contribution in [0.3, 0.4) is 0 Å². The Morgan fingerprint density at radius 1 is 1.26 bits per heavy atom. The topological polar surface area (TPSA) is 61.0 Å². The van der Waals surface area contributed by atoms with Crippen LogP contribution in [-0.4, -0.2) is 46.2 Å². The Hall–Kier alpha value is -1.36. The van der Waals surface area contributed by atoms with Gasteiger partial charge in [-0.1, -0.05) is 19.3 Å². The lowest BCUT2D eigenvalue weighted by Gasteiger charge is -2.40. The van der Waals surface area contributed by atoms with Crippen molar-refractivity contribution in [2.24, 2.45) is 0 Å². The highest BCUT2D eigenvalue weighted by molar-refractivity contribution is 5.76. The summed E-state index contributed by atoms with van der Waals surface area (Å²) in [5.41, 5.74) is 1.10. The Morgan fingerprint density at radius 2 is 2.09 bits per heavy atom. The molecular formula is C18H30N4O. The van der Waals surface area contributed by atoms with E-state index in [0.29, 0.717) is 12.5 Å². The van der Waals surface area contributed by atoms with Crippen molar-refractivity contribution in [2.45, 2.75) is 76.3 Å². The summed E-state index contributed by atoms with van der Waals surface area (Å²) in [7, 11) is 0. The molecule has 1 aromatic heterocycles. The summed E-state index contributed by atoms with van der Waals surface area (Å²) < 4.78 is 0. The number of piperidine rings is 1. The molecule has 128 valence electrons. The fourth-order valence-electron chi connectivity index (χ4n) is 4.19. The van der Waals surface area contributed by atoms with E-state index in [-0.39, 0.29) is 5.91 Å². The van der Waals surface area contributed by atoms with Crippen LogP contribution in [0.1, 0.15) is 63.4 Å². The van der Waals surface area contributed by atoms with Gasteiger partial charge in [0.15, 0.2) is 0 Å². The van der Waals surface area contributed by atoms with Gasteiger partial charge in [-0.15, -0.1) is 0 Å². The lowest BCUT2D eigenvalue weighted by molar-refractivity contribution is -0.121. The minimum absolute atomic E-state index is 0.162. The van der Waals surface area contributed by atoms with Gasteiger partial charge in [0, 0.05) is 31.2 Å². The maximum absolute atomic E-state index is 12.0. The molecule has 1 saturated heterocycles. The first-order chi connectivity index (χ1) is 11.3. The number of nitrogens with zero attached hydrogens (tertiary/aromatic N) is 2. The van der Waals surface area contributed by atoms with E-state index in [4.69, 9.17) is 0 Å². The second-order valence-electron chi connectivity index (χ2n) is 7.07. The summed E-state index contributed by atoms with van der Waals surface area (Å²) >= 11 is 0. The maximum Gasteiger partial charge on any atom is 0.220 e. The van der Waals surface area contributed by atoms with Gasteiger partial charge in [0.05, 0.1) is 6.20 Å². The minimum Gasteiger partial charge on any atom is -0.356 e. The molecule has 2 fully saturated rings. The van der Waals surface area contributed by atoms with Crippen molar-refractivity contribution in [3.8, 4) is 0 Å². The summed E-state index contributed by atoms with van der Waals surface area (Å²) in [4.78, 5) is 14.7. The van der Waals surface area contributed by atoms with Crippen LogP contribution in [0.2, 0.25) is 0 Å². The molecule has 5 heteroatoms. The third kappa shape index (κ3) is 4.80. The number of carbonyl (C=O) groups is 1. The van der Waals surface area contributed by atoms with Crippen molar-refractivity contribution in [2.75, 3.05) is 13.1 Å². The number of hydrogen-bond donors (Lipinski definition) is 2. The van der Waals surface area contributed by atoms with Gasteiger partial charge >= 0.3 is 0 Å². The van der Waals surface area contributed by atoms with Crippen LogP contribution in [0.25, 0.3) is 0 Å². The fourth-order valence-corrected chi connectivity index (χ4v) is 4.19. The first kappa shape index (κ1) is 16.5. The maximum atomic E-state index is 12.0. The molecule has 2 heterocycles. The lowest BCUT2D eigenvalue weighted by atomic mass is 9.96. The normalized spacial score (nSPS) is 23.2. The summed E-state index contributed by atoms with van der Waals surface area (Å²) in [5, 5.41) is 9.80. The van der Waals surface area contributed by atoms with Gasteiger partial charge in [-0.2, -0.15) is 5.10 Å². The zero-order valence-electron chi connectivity index (χ0n) is 14.1. The number of rotatable bonds is 7. The van der Waals surface area contributed by atoms with Gasteiger partial charge in [-0.05, 0) is 50.6 Å². The number of nitrogens with one attached hydrogen (secondary N) is 2. The molecular weight excluding hydrogens is 288 g/mol. The third-order valence-corrected chi connectivity index (χ3v) is 5.46. The smallest absolute Gasteiger partial charge is 0.220 e. The van der Waals surface area contributed by atoms with E-state index in [1.54, 1.807) is 6.20 Å². The van der Waals surface area contributed by atoms with E-state index in [2.05, 4.69) is 20.4 Å². The third-order valence-electron chi connectivity index (χ3n) is 5.46. The highest BCUT2D eigenvalue weighted by atomic mass is 16.1. The molecule has 0 aromatic carbocycles. The van der Waals surface area contributed by atoms with E-state index in [1.165, 1.54) is 51.5 Å². The molecule has 1 atom stereocenters. The number of aromatic nitrogens is 2. The zero-order valence-corrected chi connectivity index (χ0v) is 14.1. The molecule has 1 aliphatic carbocycles. The highest BCUT2D eigenvalue weighted by Crippen LogP contribution is 2.30. The van der Waals surface area contributed by atoms with Crippen LogP contribution in [0.4, 0.5) is 0 Å². The molecule has 1 aliphatic heterocycles. The first-order valence-corrected chi connectivity index (χ1v) is 9.33. The summed E-state index contributed by atoms with van der Waals surface area (Å²) in [6.07, 6.45) is 15.6. The number of likely N-dealkylation sites (tertiary alicyclic amines) is 1. The number of aryl methyl sites for hydroxylation is 1. The Bertz CT molecular complexity index is 467. The second kappa shape index (κ2) is 8.48. The highest BCUT2D eigenvalue weighted by Gasteiger charge is 2.30. The Kier molecular flexibility index (Phi) is 6.08. The quantitative estimate of drug-likeness (QED) is 0.812. The molecule has 1 saturated carbocycles. The number of amides is 1. The van der Waals surface area contributed by atoms with Crippen LogP contribution in [0.5, 0.6) is 0 Å². The van der Waals surface area contributed by atoms with Gasteiger partial charge in [-0.3, -0.25) is 14.8 Å². The standard InChI is InChI=1S/C18H30N4O/c23-18(9-8-15-13-20-21-14-15)19-11-10-17-7-3-4-12-22(17)16-5-1-2-6-16/h13-14,16-17H,1-12H2,(H,19,23)(H,20,21)/t17-/m1/s1. The van der Waals surface area contributed by atoms with Gasteiger partial charge in [0.2, 0.25) is 5.91 Å². The fraction of sp³-hybridized carbons (Fsp3) is 0.778. The van der Waals surface area contributed by atoms with E-state index >= 15 is 0 Å². The molecule has 2 N–H and O–H groups in total. The first-order valence-electron chi connectivity index (χ1n) is 9.33. The number of carbonyl (C=O) groups excluding carboxylic acids is 1. The monoisotopic (exact) mass is 318 g/mol. The molecule has 5 nitrogen and oxygen atoms in total. The van der Waals surface area contributed by atoms with Crippen molar-refractivity contribution < 1.29 is 4.79 Å². The number of H-pyrrole nitrogens is 1. The van der Waals surface area contributed by atoms with Crippen LogP contribution in [0, 0.1) is 0 Å². The average Bonchev–Trinajstić information content (AvgIpc) is 3.27. The van der Waals surface area contributed by atoms with Gasteiger partial charge in [0.25, 0.3) is 0 Å². The molecule has 0 bridgehead atoms. The molecule has 3 rings (SSSR count).